The summed E-state index contributed by atoms with van der Waals surface area (Å²) in [4.78, 5) is 8.90. The van der Waals surface area contributed by atoms with E-state index in [0.29, 0.717) is 5.69 Å². The number of imidazole rings is 1. The van der Waals surface area contributed by atoms with Crippen LogP contribution >= 0.6 is 11.8 Å². The molecule has 3 aromatic heterocycles. The Balaban J connectivity index is 1.78. The van der Waals surface area contributed by atoms with Gasteiger partial charge in [-0.15, -0.1) is 0 Å². The number of aromatic nitrogens is 3. The first kappa shape index (κ1) is 12.0. The smallest absolute Gasteiger partial charge is 0.139 e. The molecule has 2 N–H and O–H groups in total. The first-order valence-corrected chi connectivity index (χ1v) is 6.98. The molecule has 3 rings (SSSR count). The second-order valence-electron chi connectivity index (χ2n) is 4.37. The zero-order valence-corrected chi connectivity index (χ0v) is 11.4. The summed E-state index contributed by atoms with van der Waals surface area (Å²) in [7, 11) is 0. The van der Waals surface area contributed by atoms with Gasteiger partial charge in [0.15, 0.2) is 0 Å². The Kier molecular flexibility index (Phi) is 3.13. The average Bonchev–Trinajstić information content (AvgIpc) is 2.83. The Morgan fingerprint density at radius 3 is 2.95 bits per heavy atom. The first-order chi connectivity index (χ1) is 9.22. The number of pyridine rings is 2. The van der Waals surface area contributed by atoms with Gasteiger partial charge in [0.1, 0.15) is 5.65 Å². The van der Waals surface area contributed by atoms with Gasteiger partial charge in [0, 0.05) is 18.1 Å². The SMILES string of the molecule is Cc1cccn2cc(CSc3ccc(N)cn3)nc12. The van der Waals surface area contributed by atoms with Gasteiger partial charge in [0.05, 0.1) is 22.6 Å². The van der Waals surface area contributed by atoms with Gasteiger partial charge in [-0.25, -0.2) is 9.97 Å². The van der Waals surface area contributed by atoms with E-state index in [9.17, 15) is 0 Å². The van der Waals surface area contributed by atoms with Crippen LogP contribution in [0, 0.1) is 6.92 Å². The van der Waals surface area contributed by atoms with Crippen molar-refractivity contribution in [2.24, 2.45) is 0 Å². The normalized spacial score (nSPS) is 11.0. The molecule has 0 amide bonds. The maximum atomic E-state index is 5.61. The molecule has 0 saturated carbocycles. The van der Waals surface area contributed by atoms with Crippen molar-refractivity contribution in [3.05, 3.63) is 54.1 Å². The predicted molar refractivity (Wildman–Crippen MR) is 78.1 cm³/mol. The van der Waals surface area contributed by atoms with Gasteiger partial charge in [0.2, 0.25) is 0 Å². The Hall–Kier alpha value is -2.01. The molecule has 19 heavy (non-hydrogen) atoms. The molecule has 0 aliphatic heterocycles. The van der Waals surface area contributed by atoms with Crippen LogP contribution in [0.25, 0.3) is 5.65 Å². The predicted octanol–water partition coefficient (Wildman–Crippen LogP) is 2.91. The van der Waals surface area contributed by atoms with E-state index in [-0.39, 0.29) is 0 Å². The highest BCUT2D eigenvalue weighted by Gasteiger charge is 2.04. The molecule has 3 heterocycles. The average molecular weight is 270 g/mol. The van der Waals surface area contributed by atoms with Gasteiger partial charge in [-0.1, -0.05) is 17.8 Å². The van der Waals surface area contributed by atoms with Gasteiger partial charge < -0.3 is 10.1 Å². The third kappa shape index (κ3) is 2.56. The van der Waals surface area contributed by atoms with Crippen LogP contribution in [0.5, 0.6) is 0 Å². The molecule has 0 bridgehead atoms. The van der Waals surface area contributed by atoms with Crippen LogP contribution in [-0.2, 0) is 5.75 Å². The number of thioether (sulfide) groups is 1. The molecule has 96 valence electrons. The molecule has 3 aromatic rings. The topological polar surface area (TPSA) is 56.2 Å². The van der Waals surface area contributed by atoms with E-state index in [2.05, 4.69) is 33.6 Å². The van der Waals surface area contributed by atoms with Crippen molar-refractivity contribution in [2.75, 3.05) is 5.73 Å². The van der Waals surface area contributed by atoms with Crippen molar-refractivity contribution in [3.63, 3.8) is 0 Å². The van der Waals surface area contributed by atoms with Crippen LogP contribution in [0.1, 0.15) is 11.3 Å². The summed E-state index contributed by atoms with van der Waals surface area (Å²) in [5.74, 6) is 0.804. The van der Waals surface area contributed by atoms with E-state index in [4.69, 9.17) is 5.73 Å². The van der Waals surface area contributed by atoms with Crippen molar-refractivity contribution in [3.8, 4) is 0 Å². The Labute approximate surface area is 115 Å². The molecule has 0 unspecified atom stereocenters. The summed E-state index contributed by atoms with van der Waals surface area (Å²) in [6.45, 7) is 2.07. The van der Waals surface area contributed by atoms with Gasteiger partial charge in [-0.2, -0.15) is 0 Å². The van der Waals surface area contributed by atoms with Gasteiger partial charge >= 0.3 is 0 Å². The highest BCUT2D eigenvalue weighted by molar-refractivity contribution is 7.98. The van der Waals surface area contributed by atoms with E-state index in [1.165, 1.54) is 5.56 Å². The van der Waals surface area contributed by atoms with E-state index >= 15 is 0 Å². The zero-order chi connectivity index (χ0) is 13.2. The van der Waals surface area contributed by atoms with Crippen LogP contribution in [0.4, 0.5) is 5.69 Å². The number of nitrogens with zero attached hydrogens (tertiary/aromatic N) is 3. The standard InChI is InChI=1S/C14H14N4S/c1-10-3-2-6-18-8-12(17-14(10)18)9-19-13-5-4-11(15)7-16-13/h2-8H,9,15H2,1H3. The molecule has 0 radical (unpaired) electrons. The lowest BCUT2D eigenvalue weighted by molar-refractivity contribution is 1.13. The number of nitrogen functional groups attached to an aromatic ring is 1. The fraction of sp³-hybridized carbons (Fsp3) is 0.143. The maximum Gasteiger partial charge on any atom is 0.139 e. The molecular weight excluding hydrogens is 256 g/mol. The summed E-state index contributed by atoms with van der Waals surface area (Å²) < 4.78 is 2.06. The molecule has 0 aliphatic carbocycles. The number of aryl methyl sites for hydroxylation is 1. The van der Waals surface area contributed by atoms with Crippen LogP contribution in [0.15, 0.2) is 47.9 Å². The fourth-order valence-corrected chi connectivity index (χ4v) is 2.63. The van der Waals surface area contributed by atoms with E-state index in [0.717, 1.165) is 22.1 Å². The lowest BCUT2D eigenvalue weighted by atomic mass is 10.3. The molecule has 0 saturated heterocycles. The molecular formula is C14H14N4S. The molecule has 0 atom stereocenters. The number of hydrogen-bond acceptors (Lipinski definition) is 4. The molecule has 0 aliphatic rings. The highest BCUT2D eigenvalue weighted by Crippen LogP contribution is 2.21. The second kappa shape index (κ2) is 4.93. The molecule has 5 heteroatoms. The number of fused-ring (bicyclic) bond motifs is 1. The van der Waals surface area contributed by atoms with E-state index in [1.54, 1.807) is 18.0 Å². The minimum atomic E-state index is 0.688. The van der Waals surface area contributed by atoms with E-state index in [1.807, 2.05) is 24.4 Å². The van der Waals surface area contributed by atoms with Crippen molar-refractivity contribution in [1.29, 1.82) is 0 Å². The Bertz CT molecular complexity index is 703. The number of anilines is 1. The van der Waals surface area contributed by atoms with Crippen molar-refractivity contribution in [1.82, 2.24) is 14.4 Å². The largest absolute Gasteiger partial charge is 0.397 e. The minimum absolute atomic E-state index is 0.688. The quantitative estimate of drug-likeness (QED) is 0.743. The summed E-state index contributed by atoms with van der Waals surface area (Å²) in [6, 6.07) is 7.90. The van der Waals surface area contributed by atoms with Crippen molar-refractivity contribution >= 4 is 23.1 Å². The number of rotatable bonds is 3. The van der Waals surface area contributed by atoms with Gasteiger partial charge in [-0.3, -0.25) is 0 Å². The van der Waals surface area contributed by atoms with Crippen molar-refractivity contribution in [2.45, 2.75) is 17.7 Å². The second-order valence-corrected chi connectivity index (χ2v) is 5.37. The van der Waals surface area contributed by atoms with Crippen LogP contribution in [-0.4, -0.2) is 14.4 Å². The monoisotopic (exact) mass is 270 g/mol. The maximum absolute atomic E-state index is 5.61. The third-order valence-corrected chi connectivity index (χ3v) is 3.83. The number of hydrogen-bond donors (Lipinski definition) is 1. The number of nitrogens with two attached hydrogens (primary N) is 1. The molecule has 0 aromatic carbocycles. The Morgan fingerprint density at radius 2 is 2.21 bits per heavy atom. The lowest BCUT2D eigenvalue weighted by Gasteiger charge is -1.98. The van der Waals surface area contributed by atoms with Gasteiger partial charge in [0.25, 0.3) is 0 Å². The first-order valence-electron chi connectivity index (χ1n) is 6.00. The Morgan fingerprint density at radius 1 is 1.32 bits per heavy atom. The van der Waals surface area contributed by atoms with Crippen molar-refractivity contribution < 1.29 is 0 Å². The van der Waals surface area contributed by atoms with Crippen LogP contribution < -0.4 is 5.73 Å². The summed E-state index contributed by atoms with van der Waals surface area (Å²) in [5.41, 5.74) is 9.56. The van der Waals surface area contributed by atoms with Crippen LogP contribution in [0.3, 0.4) is 0 Å². The molecule has 0 fully saturated rings. The van der Waals surface area contributed by atoms with Gasteiger partial charge in [-0.05, 0) is 30.7 Å². The third-order valence-electron chi connectivity index (χ3n) is 2.85. The minimum Gasteiger partial charge on any atom is -0.397 e. The summed E-state index contributed by atoms with van der Waals surface area (Å²) >= 11 is 1.66. The summed E-state index contributed by atoms with van der Waals surface area (Å²) in [5, 5.41) is 0.961. The fourth-order valence-electron chi connectivity index (χ4n) is 1.90. The zero-order valence-electron chi connectivity index (χ0n) is 10.6. The van der Waals surface area contributed by atoms with E-state index < -0.39 is 0 Å². The summed E-state index contributed by atoms with van der Waals surface area (Å²) in [6.07, 6.45) is 5.76. The molecule has 0 spiro atoms. The highest BCUT2D eigenvalue weighted by atomic mass is 32.2. The van der Waals surface area contributed by atoms with Crippen LogP contribution in [0.2, 0.25) is 0 Å². The lowest BCUT2D eigenvalue weighted by Crippen LogP contribution is -1.87. The molecule has 4 nitrogen and oxygen atoms in total.